The average molecular weight is 317 g/mol. The van der Waals surface area contributed by atoms with Crippen molar-refractivity contribution in [3.05, 3.63) is 34.9 Å². The van der Waals surface area contributed by atoms with Crippen LogP contribution in [0.15, 0.2) is 18.2 Å². The molecular formula is C18H27N3O2. The third kappa shape index (κ3) is 3.51. The number of ether oxygens (including phenoxy) is 1. The number of carbonyl (C=O) groups is 1. The molecule has 0 aromatic heterocycles. The molecule has 2 aliphatic heterocycles. The van der Waals surface area contributed by atoms with Crippen molar-refractivity contribution < 1.29 is 9.53 Å². The lowest BCUT2D eigenvalue weighted by atomic mass is 9.97. The average Bonchev–Trinajstić information content (AvgIpc) is 2.95. The van der Waals surface area contributed by atoms with Gasteiger partial charge < -0.3 is 19.9 Å². The highest BCUT2D eigenvalue weighted by Gasteiger charge is 2.33. The van der Waals surface area contributed by atoms with E-state index >= 15 is 0 Å². The molecule has 0 saturated carbocycles. The number of fused-ring (bicyclic) bond motifs is 1. The van der Waals surface area contributed by atoms with Gasteiger partial charge >= 0.3 is 6.03 Å². The van der Waals surface area contributed by atoms with Gasteiger partial charge in [0, 0.05) is 25.7 Å². The summed E-state index contributed by atoms with van der Waals surface area (Å²) in [6, 6.07) is 6.77. The third-order valence-electron chi connectivity index (χ3n) is 5.08. The highest BCUT2D eigenvalue weighted by molar-refractivity contribution is 5.74. The van der Waals surface area contributed by atoms with E-state index in [1.165, 1.54) is 16.7 Å². The highest BCUT2D eigenvalue weighted by Crippen LogP contribution is 2.22. The summed E-state index contributed by atoms with van der Waals surface area (Å²) in [5.41, 5.74) is 3.82. The van der Waals surface area contributed by atoms with Crippen molar-refractivity contribution in [3.8, 4) is 0 Å². The number of hydrogen-bond donors (Lipinski definition) is 1. The molecule has 126 valence electrons. The monoisotopic (exact) mass is 317 g/mol. The van der Waals surface area contributed by atoms with Crippen molar-refractivity contribution in [2.45, 2.75) is 32.5 Å². The Morgan fingerprint density at radius 1 is 1.39 bits per heavy atom. The Labute approximate surface area is 138 Å². The Morgan fingerprint density at radius 3 is 2.96 bits per heavy atom. The molecule has 2 heterocycles. The quantitative estimate of drug-likeness (QED) is 0.925. The van der Waals surface area contributed by atoms with E-state index in [0.29, 0.717) is 25.1 Å². The first-order valence-corrected chi connectivity index (χ1v) is 8.43. The Bertz CT molecular complexity index is 573. The minimum absolute atomic E-state index is 0.0471. The van der Waals surface area contributed by atoms with Gasteiger partial charge in [0.15, 0.2) is 0 Å². The summed E-state index contributed by atoms with van der Waals surface area (Å²) in [5, 5.41) is 3.10. The summed E-state index contributed by atoms with van der Waals surface area (Å²) in [7, 11) is 4.17. The van der Waals surface area contributed by atoms with Crippen molar-refractivity contribution in [3.63, 3.8) is 0 Å². The van der Waals surface area contributed by atoms with E-state index < -0.39 is 0 Å². The predicted molar refractivity (Wildman–Crippen MR) is 90.2 cm³/mol. The van der Waals surface area contributed by atoms with Crippen molar-refractivity contribution in [1.82, 2.24) is 15.1 Å². The van der Waals surface area contributed by atoms with Gasteiger partial charge in [-0.15, -0.1) is 0 Å². The fourth-order valence-electron chi connectivity index (χ4n) is 3.74. The number of carbonyl (C=O) groups excluding carboxylic acids is 1. The molecule has 2 unspecified atom stereocenters. The number of likely N-dealkylation sites (N-methyl/N-ethyl adjacent to an activating group) is 1. The number of amides is 2. The minimum Gasteiger partial charge on any atom is -0.376 e. The van der Waals surface area contributed by atoms with Crippen LogP contribution in [-0.2, 0) is 24.3 Å². The minimum atomic E-state index is 0.0471. The van der Waals surface area contributed by atoms with E-state index in [9.17, 15) is 4.79 Å². The van der Waals surface area contributed by atoms with E-state index in [0.717, 1.165) is 26.1 Å². The molecule has 0 radical (unpaired) electrons. The van der Waals surface area contributed by atoms with E-state index in [2.05, 4.69) is 49.4 Å². The molecular weight excluding hydrogens is 290 g/mol. The number of nitrogens with one attached hydrogen (secondary N) is 1. The molecule has 2 aliphatic rings. The van der Waals surface area contributed by atoms with Crippen molar-refractivity contribution >= 4 is 6.03 Å². The largest absolute Gasteiger partial charge is 0.376 e. The van der Waals surface area contributed by atoms with Crippen LogP contribution in [0, 0.1) is 5.92 Å². The third-order valence-corrected chi connectivity index (χ3v) is 5.08. The van der Waals surface area contributed by atoms with Gasteiger partial charge in [-0.25, -0.2) is 4.79 Å². The summed E-state index contributed by atoms with van der Waals surface area (Å²) in [5.74, 6) is 0.511. The molecule has 2 atom stereocenters. The van der Waals surface area contributed by atoms with Crippen LogP contribution in [0.3, 0.4) is 0 Å². The van der Waals surface area contributed by atoms with Crippen molar-refractivity contribution in [1.29, 1.82) is 0 Å². The SMILES string of the molecule is CC1CN(C(=O)NCc2cccc3c2CCOC3)CC1N(C)C. The molecule has 1 fully saturated rings. The van der Waals surface area contributed by atoms with Gasteiger partial charge in [-0.3, -0.25) is 0 Å². The Hall–Kier alpha value is -1.59. The molecule has 0 bridgehead atoms. The van der Waals surface area contributed by atoms with E-state index in [1.807, 2.05) is 4.90 Å². The maximum absolute atomic E-state index is 12.5. The lowest BCUT2D eigenvalue weighted by Crippen LogP contribution is -2.40. The van der Waals surface area contributed by atoms with Gasteiger partial charge in [-0.2, -0.15) is 0 Å². The lowest BCUT2D eigenvalue weighted by molar-refractivity contribution is 0.110. The molecule has 1 N–H and O–H groups in total. The first kappa shape index (κ1) is 16.3. The van der Waals surface area contributed by atoms with Gasteiger partial charge in [-0.05, 0) is 43.1 Å². The second kappa shape index (κ2) is 6.89. The zero-order valence-corrected chi connectivity index (χ0v) is 14.3. The Morgan fingerprint density at radius 2 is 2.22 bits per heavy atom. The van der Waals surface area contributed by atoms with Crippen LogP contribution in [0.1, 0.15) is 23.6 Å². The van der Waals surface area contributed by atoms with Crippen molar-refractivity contribution in [2.24, 2.45) is 5.92 Å². The van der Waals surface area contributed by atoms with Crippen LogP contribution in [-0.4, -0.2) is 55.7 Å². The maximum Gasteiger partial charge on any atom is 0.317 e. The van der Waals surface area contributed by atoms with Gasteiger partial charge in [0.05, 0.1) is 13.2 Å². The summed E-state index contributed by atoms with van der Waals surface area (Å²) < 4.78 is 5.50. The van der Waals surface area contributed by atoms with Gasteiger partial charge in [0.2, 0.25) is 0 Å². The van der Waals surface area contributed by atoms with Crippen LogP contribution in [0.4, 0.5) is 4.79 Å². The molecule has 5 nitrogen and oxygen atoms in total. The Balaban J connectivity index is 1.60. The number of hydrogen-bond acceptors (Lipinski definition) is 3. The summed E-state index contributed by atoms with van der Waals surface area (Å²) in [4.78, 5) is 16.6. The van der Waals surface area contributed by atoms with Crippen LogP contribution in [0.25, 0.3) is 0 Å². The number of rotatable bonds is 3. The van der Waals surface area contributed by atoms with Gasteiger partial charge in [-0.1, -0.05) is 25.1 Å². The Kier molecular flexibility index (Phi) is 4.87. The fraction of sp³-hybridized carbons (Fsp3) is 0.611. The van der Waals surface area contributed by atoms with E-state index in [-0.39, 0.29) is 6.03 Å². The molecule has 23 heavy (non-hydrogen) atoms. The zero-order valence-electron chi connectivity index (χ0n) is 14.3. The second-order valence-electron chi connectivity index (χ2n) is 6.93. The summed E-state index contributed by atoms with van der Waals surface area (Å²) in [6.07, 6.45) is 0.935. The normalized spacial score (nSPS) is 23.9. The molecule has 1 aromatic carbocycles. The molecule has 1 aromatic rings. The van der Waals surface area contributed by atoms with Crippen LogP contribution < -0.4 is 5.32 Å². The standard InChI is InChI=1S/C18H27N3O2/c1-13-10-21(11-17(13)20(2)3)18(22)19-9-14-5-4-6-15-12-23-8-7-16(14)15/h4-6,13,17H,7-12H2,1-3H3,(H,19,22). The van der Waals surface area contributed by atoms with Gasteiger partial charge in [0.25, 0.3) is 0 Å². The smallest absolute Gasteiger partial charge is 0.317 e. The fourth-order valence-corrected chi connectivity index (χ4v) is 3.74. The van der Waals surface area contributed by atoms with Crippen molar-refractivity contribution in [2.75, 3.05) is 33.8 Å². The first-order chi connectivity index (χ1) is 11.1. The molecule has 0 spiro atoms. The number of benzene rings is 1. The van der Waals surface area contributed by atoms with E-state index in [4.69, 9.17) is 4.74 Å². The molecule has 3 rings (SSSR count). The molecule has 0 aliphatic carbocycles. The maximum atomic E-state index is 12.5. The molecule has 2 amide bonds. The second-order valence-corrected chi connectivity index (χ2v) is 6.93. The summed E-state index contributed by atoms with van der Waals surface area (Å²) >= 11 is 0. The molecule has 5 heteroatoms. The van der Waals surface area contributed by atoms with Crippen LogP contribution in [0.5, 0.6) is 0 Å². The number of likely N-dealkylation sites (tertiary alicyclic amines) is 1. The first-order valence-electron chi connectivity index (χ1n) is 8.43. The van der Waals surface area contributed by atoms with Crippen LogP contribution in [0.2, 0.25) is 0 Å². The van der Waals surface area contributed by atoms with Crippen LogP contribution >= 0.6 is 0 Å². The summed E-state index contributed by atoms with van der Waals surface area (Å²) in [6.45, 7) is 5.90. The highest BCUT2D eigenvalue weighted by atomic mass is 16.5. The lowest BCUT2D eigenvalue weighted by Gasteiger charge is -2.23. The molecule has 1 saturated heterocycles. The van der Waals surface area contributed by atoms with Gasteiger partial charge in [0.1, 0.15) is 0 Å². The number of urea groups is 1. The predicted octanol–water partition coefficient (Wildman–Crippen LogP) is 1.85. The topological polar surface area (TPSA) is 44.8 Å². The van der Waals surface area contributed by atoms with E-state index in [1.54, 1.807) is 0 Å². The number of nitrogens with zero attached hydrogens (tertiary/aromatic N) is 2. The zero-order chi connectivity index (χ0) is 16.4.